The van der Waals surface area contributed by atoms with Crippen LogP contribution in [-0.2, 0) is 25.7 Å². The molecule has 2 aromatic heterocycles. The third-order valence-corrected chi connectivity index (χ3v) is 15.4. The number of methoxy groups -OCH3 is 2. The van der Waals surface area contributed by atoms with E-state index in [4.69, 9.17) is 9.47 Å². The van der Waals surface area contributed by atoms with Gasteiger partial charge in [0.05, 0.1) is 36.4 Å². The number of halogens is 1. The number of imide groups is 1. The molecule has 8 heterocycles. The van der Waals surface area contributed by atoms with E-state index in [1.165, 1.54) is 0 Å². The lowest BCUT2D eigenvalue weighted by Crippen LogP contribution is -2.69. The van der Waals surface area contributed by atoms with Crippen LogP contribution in [0.25, 0.3) is 10.9 Å². The van der Waals surface area contributed by atoms with Gasteiger partial charge >= 0.3 is 0 Å². The van der Waals surface area contributed by atoms with E-state index in [0.29, 0.717) is 59.5 Å². The number of H-pyrrole nitrogens is 1. The van der Waals surface area contributed by atoms with Crippen molar-refractivity contribution in [3.63, 3.8) is 0 Å². The van der Waals surface area contributed by atoms with Crippen LogP contribution in [0.5, 0.6) is 5.75 Å². The lowest BCUT2D eigenvalue weighted by atomic mass is 9.75. The molecule has 0 spiro atoms. The first kappa shape index (κ1) is 43.3. The van der Waals surface area contributed by atoms with Crippen molar-refractivity contribution in [1.29, 1.82) is 0 Å². The van der Waals surface area contributed by atoms with E-state index in [2.05, 4.69) is 41.0 Å². The molecule has 0 saturated carbocycles. The Morgan fingerprint density at radius 3 is 2.15 bits per heavy atom. The Morgan fingerprint density at radius 2 is 1.51 bits per heavy atom. The Kier molecular flexibility index (Phi) is 11.8. The van der Waals surface area contributed by atoms with Crippen molar-refractivity contribution >= 4 is 51.6 Å². The molecule has 344 valence electrons. The van der Waals surface area contributed by atoms with Crippen LogP contribution in [0.4, 0.5) is 21.5 Å². The molecule has 5 fully saturated rings. The largest absolute Gasteiger partial charge is 0.496 e. The number of piperidine rings is 3. The summed E-state index contributed by atoms with van der Waals surface area (Å²) in [7, 11) is 3.14. The zero-order chi connectivity index (χ0) is 45.0. The highest BCUT2D eigenvalue weighted by Gasteiger charge is 2.63. The molecule has 4 aromatic rings. The number of ether oxygens (including phenoxy) is 2. The maximum absolute atomic E-state index is 16.4. The van der Waals surface area contributed by atoms with Crippen LogP contribution >= 0.6 is 0 Å². The highest BCUT2D eigenvalue weighted by Crippen LogP contribution is 2.54. The van der Waals surface area contributed by atoms with E-state index in [1.807, 2.05) is 31.3 Å². The molecule has 6 aliphatic rings. The molecule has 15 nitrogen and oxygen atoms in total. The summed E-state index contributed by atoms with van der Waals surface area (Å²) in [5.74, 6) is 0.415. The Morgan fingerprint density at radius 1 is 0.815 bits per heavy atom. The predicted molar refractivity (Wildman–Crippen MR) is 245 cm³/mol. The molecule has 0 unspecified atom stereocenters. The molecule has 0 bridgehead atoms. The molecule has 65 heavy (non-hydrogen) atoms. The van der Waals surface area contributed by atoms with Gasteiger partial charge < -0.3 is 39.0 Å². The highest BCUT2D eigenvalue weighted by molar-refractivity contribution is 6.13. The van der Waals surface area contributed by atoms with Crippen LogP contribution in [0.1, 0.15) is 79.4 Å². The van der Waals surface area contributed by atoms with Gasteiger partial charge in [0.1, 0.15) is 23.7 Å². The number of hydrogen-bond donors (Lipinski definition) is 2. The molecule has 6 aliphatic heterocycles. The van der Waals surface area contributed by atoms with Crippen LogP contribution in [-0.4, -0.2) is 140 Å². The fourth-order valence-corrected chi connectivity index (χ4v) is 11.6. The van der Waals surface area contributed by atoms with Crippen molar-refractivity contribution in [2.45, 2.75) is 76.1 Å². The molecule has 2 aromatic carbocycles. The number of piperazine rings is 1. The molecule has 0 radical (unpaired) electrons. The number of aromatic amines is 1. The molecule has 0 aliphatic carbocycles. The van der Waals surface area contributed by atoms with Crippen molar-refractivity contribution in [3.05, 3.63) is 77.5 Å². The summed E-state index contributed by atoms with van der Waals surface area (Å²) in [4.78, 5) is 71.9. The second-order valence-corrected chi connectivity index (χ2v) is 18.9. The van der Waals surface area contributed by atoms with Gasteiger partial charge in [0, 0.05) is 120 Å². The van der Waals surface area contributed by atoms with Gasteiger partial charge in [-0.3, -0.25) is 34.4 Å². The monoisotopic (exact) mass is 889 g/mol. The topological polar surface area (TPSA) is 147 Å². The number of anilines is 3. The van der Waals surface area contributed by atoms with Gasteiger partial charge in [-0.2, -0.15) is 0 Å². The van der Waals surface area contributed by atoms with Crippen molar-refractivity contribution in [1.82, 2.24) is 30.0 Å². The number of nitrogens with zero attached hydrogens (tertiary/aromatic N) is 7. The summed E-state index contributed by atoms with van der Waals surface area (Å²) in [5, 5.41) is 3.24. The molecule has 4 amide bonds. The van der Waals surface area contributed by atoms with Gasteiger partial charge in [-0.25, -0.2) is 4.39 Å². The Labute approximate surface area is 379 Å². The second kappa shape index (κ2) is 17.7. The minimum absolute atomic E-state index is 0.133. The first-order chi connectivity index (χ1) is 31.6. The number of aromatic nitrogens is 2. The van der Waals surface area contributed by atoms with Gasteiger partial charge in [0.2, 0.25) is 11.8 Å². The predicted octanol–water partition coefficient (Wildman–Crippen LogP) is 5.11. The fourth-order valence-electron chi connectivity index (χ4n) is 11.6. The number of hydrogen-bond acceptors (Lipinski definition) is 11. The Balaban J connectivity index is 0.694. The number of β-lactam (4-membered cyclic amide) rings is 1. The van der Waals surface area contributed by atoms with Gasteiger partial charge in [0.15, 0.2) is 5.60 Å². The van der Waals surface area contributed by atoms with Crippen LogP contribution < -0.4 is 24.8 Å². The lowest BCUT2D eigenvalue weighted by Gasteiger charge is -2.55. The molecule has 16 heteroatoms. The SMILES string of the molecule is CC[C@@]1(OC)C(=O)N(c2cncc3[nH]ccc23)[C@H]1c1cc(F)c(N2CCC(CN3CCN(CC4CCN(c5ccc6c(c5)CN([C@H]5CCC(=O)NC5=O)C6=O)CC4)CC3)CC2)cc1OC. The van der Waals surface area contributed by atoms with Crippen molar-refractivity contribution in [2.24, 2.45) is 11.8 Å². The molecule has 10 rings (SSSR count). The first-order valence-corrected chi connectivity index (χ1v) is 23.5. The van der Waals surface area contributed by atoms with Crippen LogP contribution in [0.2, 0.25) is 0 Å². The van der Waals surface area contributed by atoms with Gasteiger partial charge in [-0.05, 0) is 86.3 Å². The van der Waals surface area contributed by atoms with Crippen molar-refractivity contribution in [2.75, 3.05) is 94.4 Å². The van der Waals surface area contributed by atoms with Crippen molar-refractivity contribution < 1.29 is 33.0 Å². The van der Waals surface area contributed by atoms with Crippen molar-refractivity contribution in [3.8, 4) is 5.75 Å². The van der Waals surface area contributed by atoms with Gasteiger partial charge in [-0.1, -0.05) is 6.92 Å². The summed E-state index contributed by atoms with van der Waals surface area (Å²) in [5.41, 5.74) is 4.12. The zero-order valence-electron chi connectivity index (χ0n) is 37.7. The number of nitrogens with one attached hydrogen (secondary N) is 2. The summed E-state index contributed by atoms with van der Waals surface area (Å²) in [6.45, 7) is 12.2. The number of amides is 4. The van der Waals surface area contributed by atoms with Crippen LogP contribution in [0, 0.1) is 17.7 Å². The molecular formula is C49H60FN9O6. The van der Waals surface area contributed by atoms with E-state index >= 15 is 4.39 Å². The number of pyridine rings is 1. The number of carbonyl (C=O) groups excluding carboxylic acids is 4. The standard InChI is InChI=1S/C49H60FN9O6/c1-4-49(65-3)45(59(48(49)63)42-27-51-26-39-36(42)9-14-52-39)37-24-38(50)41(25-43(37)64-2)57-17-12-32(13-18-57)29-55-21-19-54(20-22-55)28-31-10-15-56(16-11-31)34-5-6-35-33(23-34)30-58(47(35)62)40-7-8-44(60)53-46(40)61/h5-6,9,14,23-27,31-32,40,45,52H,4,7-8,10-13,15-22,28-30H2,1-3H3,(H,53,60,61)/t40-,45-,49-/m0/s1. The number of rotatable bonds is 12. The molecule has 2 N–H and O–H groups in total. The zero-order valence-corrected chi connectivity index (χ0v) is 37.7. The summed E-state index contributed by atoms with van der Waals surface area (Å²) in [6, 6.07) is 10.1. The number of benzene rings is 2. The van der Waals surface area contributed by atoms with E-state index < -0.39 is 17.7 Å². The second-order valence-electron chi connectivity index (χ2n) is 18.9. The smallest absolute Gasteiger partial charge is 0.262 e. The third-order valence-electron chi connectivity index (χ3n) is 15.4. The normalized spacial score (nSPS) is 25.1. The number of fused-ring (bicyclic) bond motifs is 2. The van der Waals surface area contributed by atoms with Crippen LogP contribution in [0.15, 0.2) is 55.0 Å². The fraction of sp³-hybridized carbons (Fsp3) is 0.531. The molecule has 3 atom stereocenters. The minimum Gasteiger partial charge on any atom is -0.496 e. The van der Waals surface area contributed by atoms with Gasteiger partial charge in [-0.15, -0.1) is 0 Å². The van der Waals surface area contributed by atoms with E-state index in [1.54, 1.807) is 48.5 Å². The average Bonchev–Trinajstić information content (AvgIpc) is 3.94. The van der Waals surface area contributed by atoms with E-state index in [0.717, 1.165) is 113 Å². The molecule has 5 saturated heterocycles. The van der Waals surface area contributed by atoms with Gasteiger partial charge in [0.25, 0.3) is 11.8 Å². The van der Waals surface area contributed by atoms with Crippen LogP contribution in [0.3, 0.4) is 0 Å². The van der Waals surface area contributed by atoms with E-state index in [9.17, 15) is 19.2 Å². The van der Waals surface area contributed by atoms with E-state index in [-0.39, 0.29) is 35.9 Å². The summed E-state index contributed by atoms with van der Waals surface area (Å²) < 4.78 is 28.3. The quantitative estimate of drug-likeness (QED) is 0.145. The Bertz CT molecular complexity index is 2470. The minimum atomic E-state index is -1.16. The highest BCUT2D eigenvalue weighted by atomic mass is 19.1. The Hall–Kier alpha value is -5.58. The lowest BCUT2D eigenvalue weighted by molar-refractivity contribution is -0.160. The molecular weight excluding hydrogens is 830 g/mol. The first-order valence-electron chi connectivity index (χ1n) is 23.5. The summed E-state index contributed by atoms with van der Waals surface area (Å²) in [6.07, 6.45) is 10.5. The maximum Gasteiger partial charge on any atom is 0.262 e. The average molecular weight is 890 g/mol. The third kappa shape index (κ3) is 7.80. The number of carbonyl (C=O) groups is 4. The maximum atomic E-state index is 16.4. The summed E-state index contributed by atoms with van der Waals surface area (Å²) >= 11 is 0.